The maximum absolute atomic E-state index is 11.7. The van der Waals surface area contributed by atoms with E-state index in [1.54, 1.807) is 20.0 Å². The molecular weight excluding hydrogens is 382 g/mol. The summed E-state index contributed by atoms with van der Waals surface area (Å²) in [6.07, 6.45) is 2.80. The molecule has 0 radical (unpaired) electrons. The highest BCUT2D eigenvalue weighted by atomic mass is 35.5. The first-order valence-corrected chi connectivity index (χ1v) is 9.40. The molecule has 140 valence electrons. The number of carbonyl (C=O) groups excluding carboxylic acids is 1. The second-order valence-corrected chi connectivity index (χ2v) is 7.20. The predicted molar refractivity (Wildman–Crippen MR) is 96.3 cm³/mol. The zero-order chi connectivity index (χ0) is 19.3. The highest BCUT2D eigenvalue weighted by Gasteiger charge is 2.09. The van der Waals surface area contributed by atoms with Gasteiger partial charge in [-0.25, -0.2) is 18.4 Å². The lowest BCUT2D eigenvalue weighted by atomic mass is 10.2. The number of sulfonamides is 1. The van der Waals surface area contributed by atoms with E-state index in [2.05, 4.69) is 5.10 Å². The smallest absolute Gasteiger partial charge is 0.330 e. The number of primary sulfonamides is 1. The predicted octanol–water partition coefficient (Wildman–Crippen LogP) is 1.66. The zero-order valence-corrected chi connectivity index (χ0v) is 15.7. The molecule has 26 heavy (non-hydrogen) atoms. The van der Waals surface area contributed by atoms with Crippen molar-refractivity contribution in [3.05, 3.63) is 46.8 Å². The summed E-state index contributed by atoms with van der Waals surface area (Å²) >= 11 is 6.06. The van der Waals surface area contributed by atoms with Gasteiger partial charge in [0.05, 0.1) is 10.6 Å². The number of hydrogen-bond acceptors (Lipinski definition) is 6. The molecule has 1 aromatic carbocycles. The van der Waals surface area contributed by atoms with Gasteiger partial charge in [0.15, 0.2) is 0 Å². The Morgan fingerprint density at radius 3 is 2.50 bits per heavy atom. The number of nitrogens with two attached hydrogens (primary N) is 1. The summed E-state index contributed by atoms with van der Waals surface area (Å²) in [7, 11) is -2.03. The van der Waals surface area contributed by atoms with Crippen molar-refractivity contribution in [1.29, 1.82) is 0 Å². The number of carbonyl (C=O) groups is 1. The zero-order valence-electron chi connectivity index (χ0n) is 14.2. The Labute approximate surface area is 156 Å². The van der Waals surface area contributed by atoms with Gasteiger partial charge in [-0.15, -0.1) is 0 Å². The Kier molecular flexibility index (Phi) is 6.41. The van der Waals surface area contributed by atoms with Gasteiger partial charge in [-0.3, -0.25) is 4.68 Å². The summed E-state index contributed by atoms with van der Waals surface area (Å²) in [5.41, 5.74) is 1.35. The number of aromatic nitrogens is 2. The van der Waals surface area contributed by atoms with E-state index >= 15 is 0 Å². The summed E-state index contributed by atoms with van der Waals surface area (Å²) in [5.74, 6) is -0.112. The van der Waals surface area contributed by atoms with Crippen LogP contribution in [0.5, 0.6) is 5.75 Å². The number of hydrogen-bond donors (Lipinski definition) is 1. The van der Waals surface area contributed by atoms with Crippen molar-refractivity contribution in [2.45, 2.75) is 11.8 Å². The summed E-state index contributed by atoms with van der Waals surface area (Å²) < 4.78 is 34.2. The third-order valence-electron chi connectivity index (χ3n) is 3.33. The molecule has 0 saturated carbocycles. The van der Waals surface area contributed by atoms with Crippen molar-refractivity contribution in [3.63, 3.8) is 0 Å². The molecule has 0 bridgehead atoms. The molecule has 0 spiro atoms. The SMILES string of the molecule is Cc1nn(C)c(Cl)c1/C=C/C(=O)OCCOc1ccc(S(N)(=O)=O)cc1. The van der Waals surface area contributed by atoms with E-state index in [-0.39, 0.29) is 18.1 Å². The Bertz CT molecular complexity index is 920. The minimum Gasteiger partial charge on any atom is -0.490 e. The molecule has 8 nitrogen and oxygen atoms in total. The lowest BCUT2D eigenvalue weighted by molar-refractivity contribution is -0.138. The fourth-order valence-corrected chi connectivity index (χ4v) is 2.82. The van der Waals surface area contributed by atoms with Gasteiger partial charge in [-0.2, -0.15) is 5.10 Å². The van der Waals surface area contributed by atoms with E-state index in [4.69, 9.17) is 26.2 Å². The summed E-state index contributed by atoms with van der Waals surface area (Å²) in [4.78, 5) is 11.7. The number of halogens is 1. The maximum Gasteiger partial charge on any atom is 0.330 e. The molecule has 2 N–H and O–H groups in total. The van der Waals surface area contributed by atoms with Crippen LogP contribution in [0.3, 0.4) is 0 Å². The molecule has 1 aromatic heterocycles. The third kappa shape index (κ3) is 5.32. The van der Waals surface area contributed by atoms with Gasteiger partial charge in [-0.1, -0.05) is 11.6 Å². The van der Waals surface area contributed by atoms with Gasteiger partial charge in [0.1, 0.15) is 24.1 Å². The topological polar surface area (TPSA) is 114 Å². The second kappa shape index (κ2) is 8.35. The first-order valence-electron chi connectivity index (χ1n) is 7.48. The van der Waals surface area contributed by atoms with Gasteiger partial charge >= 0.3 is 5.97 Å². The van der Waals surface area contributed by atoms with Crippen LogP contribution >= 0.6 is 11.6 Å². The number of aryl methyl sites for hydroxylation is 2. The number of nitrogens with zero attached hydrogens (tertiary/aromatic N) is 2. The Morgan fingerprint density at radius 1 is 1.31 bits per heavy atom. The highest BCUT2D eigenvalue weighted by Crippen LogP contribution is 2.20. The first kappa shape index (κ1) is 20.0. The Balaban J connectivity index is 1.79. The van der Waals surface area contributed by atoms with Crippen molar-refractivity contribution in [2.24, 2.45) is 12.2 Å². The molecule has 0 aliphatic heterocycles. The molecule has 0 amide bonds. The van der Waals surface area contributed by atoms with E-state index in [1.807, 2.05) is 0 Å². The van der Waals surface area contributed by atoms with Crippen LogP contribution in [0.25, 0.3) is 6.08 Å². The molecule has 0 atom stereocenters. The summed E-state index contributed by atoms with van der Waals surface area (Å²) in [6.45, 7) is 1.92. The average Bonchev–Trinajstić information content (AvgIpc) is 2.82. The maximum atomic E-state index is 11.7. The third-order valence-corrected chi connectivity index (χ3v) is 4.71. The van der Waals surface area contributed by atoms with Gasteiger partial charge in [0, 0.05) is 18.7 Å². The van der Waals surface area contributed by atoms with Crippen molar-refractivity contribution in [3.8, 4) is 5.75 Å². The molecule has 0 aliphatic rings. The van der Waals surface area contributed by atoms with E-state index in [0.29, 0.717) is 22.2 Å². The quantitative estimate of drug-likeness (QED) is 0.430. The van der Waals surface area contributed by atoms with Gasteiger partial charge in [0.2, 0.25) is 10.0 Å². The Hall–Kier alpha value is -2.36. The molecule has 0 saturated heterocycles. The van der Waals surface area contributed by atoms with Gasteiger partial charge in [-0.05, 0) is 37.3 Å². The largest absolute Gasteiger partial charge is 0.490 e. The fraction of sp³-hybridized carbons (Fsp3) is 0.250. The average molecular weight is 400 g/mol. The molecule has 2 rings (SSSR count). The molecule has 0 unspecified atom stereocenters. The van der Waals surface area contributed by atoms with Gasteiger partial charge in [0.25, 0.3) is 0 Å². The minimum atomic E-state index is -3.74. The number of esters is 1. The summed E-state index contributed by atoms with van der Waals surface area (Å²) in [6, 6.07) is 5.60. The monoisotopic (exact) mass is 399 g/mol. The van der Waals surface area contributed by atoms with Crippen LogP contribution in [0.1, 0.15) is 11.3 Å². The molecule has 1 heterocycles. The molecule has 0 aliphatic carbocycles. The lowest BCUT2D eigenvalue weighted by Crippen LogP contribution is -2.12. The molecule has 2 aromatic rings. The van der Waals surface area contributed by atoms with Gasteiger partial charge < -0.3 is 9.47 Å². The van der Waals surface area contributed by atoms with Crippen molar-refractivity contribution in [1.82, 2.24) is 9.78 Å². The number of rotatable bonds is 7. The van der Waals surface area contributed by atoms with Crippen LogP contribution < -0.4 is 9.88 Å². The van der Waals surface area contributed by atoms with Crippen LogP contribution in [0, 0.1) is 6.92 Å². The van der Waals surface area contributed by atoms with E-state index in [1.165, 1.54) is 35.0 Å². The van der Waals surface area contributed by atoms with Crippen LogP contribution in [-0.2, 0) is 26.6 Å². The lowest BCUT2D eigenvalue weighted by Gasteiger charge is -2.07. The first-order chi connectivity index (χ1) is 12.2. The van der Waals surface area contributed by atoms with Crippen LogP contribution in [0.15, 0.2) is 35.2 Å². The van der Waals surface area contributed by atoms with Crippen molar-refractivity contribution >= 4 is 33.7 Å². The highest BCUT2D eigenvalue weighted by molar-refractivity contribution is 7.89. The van der Waals surface area contributed by atoms with E-state index < -0.39 is 16.0 Å². The molecule has 0 fully saturated rings. The molecule has 10 heteroatoms. The number of benzene rings is 1. The molecular formula is C16H18ClN3O5S. The van der Waals surface area contributed by atoms with Crippen LogP contribution in [0.2, 0.25) is 5.15 Å². The van der Waals surface area contributed by atoms with Crippen molar-refractivity contribution in [2.75, 3.05) is 13.2 Å². The van der Waals surface area contributed by atoms with Crippen LogP contribution in [-0.4, -0.2) is 37.4 Å². The fourth-order valence-electron chi connectivity index (χ4n) is 2.06. The normalized spacial score (nSPS) is 11.7. The standard InChI is InChI=1S/C16H18ClN3O5S/c1-11-14(16(17)20(2)19-11)7-8-15(21)25-10-9-24-12-3-5-13(6-4-12)26(18,22)23/h3-8H,9-10H2,1-2H3,(H2,18,22,23)/b8-7+. The minimum absolute atomic E-state index is 0.00855. The van der Waals surface area contributed by atoms with E-state index in [9.17, 15) is 13.2 Å². The van der Waals surface area contributed by atoms with Crippen molar-refractivity contribution < 1.29 is 22.7 Å². The van der Waals surface area contributed by atoms with Crippen LogP contribution in [0.4, 0.5) is 0 Å². The van der Waals surface area contributed by atoms with E-state index in [0.717, 1.165) is 0 Å². The second-order valence-electron chi connectivity index (χ2n) is 5.28. The summed E-state index contributed by atoms with van der Waals surface area (Å²) in [5, 5.41) is 9.57. The number of ether oxygens (including phenoxy) is 2. The Morgan fingerprint density at radius 2 is 1.96 bits per heavy atom.